The summed E-state index contributed by atoms with van der Waals surface area (Å²) in [5.74, 6) is 0.607. The van der Waals surface area contributed by atoms with E-state index in [4.69, 9.17) is 16.1 Å². The zero-order valence-electron chi connectivity index (χ0n) is 14.9. The summed E-state index contributed by atoms with van der Waals surface area (Å²) in [6, 6.07) is 16.8. The van der Waals surface area contributed by atoms with Crippen molar-refractivity contribution >= 4 is 23.2 Å². The van der Waals surface area contributed by atoms with Crippen LogP contribution in [0.15, 0.2) is 71.5 Å². The molecule has 138 valence electrons. The first-order chi connectivity index (χ1) is 13.6. The Balaban J connectivity index is 1.60. The summed E-state index contributed by atoms with van der Waals surface area (Å²) in [4.78, 5) is 21.5. The number of rotatable bonds is 4. The van der Waals surface area contributed by atoms with Crippen LogP contribution in [0.3, 0.4) is 0 Å². The van der Waals surface area contributed by atoms with Crippen LogP contribution in [0.1, 0.15) is 16.1 Å². The Morgan fingerprint density at radius 1 is 1.00 bits per heavy atom. The molecule has 28 heavy (non-hydrogen) atoms. The van der Waals surface area contributed by atoms with Gasteiger partial charge in [-0.15, -0.1) is 0 Å². The second kappa shape index (κ2) is 7.62. The number of carbonyl (C=O) groups excluding carboxylic acids is 1. The molecule has 0 saturated heterocycles. The van der Waals surface area contributed by atoms with Gasteiger partial charge in [-0.3, -0.25) is 4.79 Å². The topological polar surface area (TPSA) is 80.9 Å². The number of hydrogen-bond donors (Lipinski definition) is 1. The van der Waals surface area contributed by atoms with Gasteiger partial charge in [-0.05, 0) is 13.0 Å². The van der Waals surface area contributed by atoms with Crippen molar-refractivity contribution in [3.05, 3.63) is 83.3 Å². The van der Waals surface area contributed by atoms with Gasteiger partial charge in [-0.2, -0.15) is 0 Å². The van der Waals surface area contributed by atoms with E-state index in [0.29, 0.717) is 39.1 Å². The first-order valence-electron chi connectivity index (χ1n) is 8.53. The normalized spacial score (nSPS) is 10.6. The molecule has 0 bridgehead atoms. The van der Waals surface area contributed by atoms with Crippen LogP contribution in [0, 0.1) is 6.92 Å². The Labute approximate surface area is 166 Å². The maximum atomic E-state index is 12.8. The molecule has 0 spiro atoms. The fourth-order valence-electron chi connectivity index (χ4n) is 2.80. The van der Waals surface area contributed by atoms with E-state index < -0.39 is 0 Å². The van der Waals surface area contributed by atoms with Crippen molar-refractivity contribution < 1.29 is 9.32 Å². The summed E-state index contributed by atoms with van der Waals surface area (Å²) in [7, 11) is 0. The Morgan fingerprint density at radius 2 is 1.68 bits per heavy atom. The van der Waals surface area contributed by atoms with E-state index in [2.05, 4.69) is 20.4 Å². The molecule has 2 aromatic heterocycles. The van der Waals surface area contributed by atoms with Crippen LogP contribution in [0.4, 0.5) is 5.69 Å². The van der Waals surface area contributed by atoms with Crippen molar-refractivity contribution in [2.75, 3.05) is 5.32 Å². The number of nitrogens with zero attached hydrogens (tertiary/aromatic N) is 3. The molecule has 0 atom stereocenters. The molecule has 4 rings (SSSR count). The van der Waals surface area contributed by atoms with Crippen LogP contribution in [0.2, 0.25) is 5.02 Å². The molecule has 0 saturated carbocycles. The van der Waals surface area contributed by atoms with Crippen molar-refractivity contribution in [1.29, 1.82) is 0 Å². The minimum atomic E-state index is -0.371. The predicted molar refractivity (Wildman–Crippen MR) is 107 cm³/mol. The third kappa shape index (κ3) is 3.50. The number of aryl methyl sites for hydroxylation is 1. The fourth-order valence-corrected chi connectivity index (χ4v) is 3.02. The highest BCUT2D eigenvalue weighted by molar-refractivity contribution is 6.33. The molecule has 1 N–H and O–H groups in total. The Hall–Kier alpha value is -3.51. The van der Waals surface area contributed by atoms with E-state index in [1.165, 1.54) is 0 Å². The van der Waals surface area contributed by atoms with Crippen molar-refractivity contribution in [2.24, 2.45) is 0 Å². The highest BCUT2D eigenvalue weighted by Gasteiger charge is 2.23. The van der Waals surface area contributed by atoms with Gasteiger partial charge < -0.3 is 9.84 Å². The second-order valence-electron chi connectivity index (χ2n) is 6.06. The molecule has 2 heterocycles. The minimum absolute atomic E-state index is 0.320. The number of aromatic nitrogens is 3. The average molecular weight is 391 g/mol. The number of hydrogen-bond acceptors (Lipinski definition) is 5. The van der Waals surface area contributed by atoms with Gasteiger partial charge in [0.1, 0.15) is 17.0 Å². The molecule has 0 aliphatic heterocycles. The molecule has 0 radical (unpaired) electrons. The molecule has 6 nitrogen and oxygen atoms in total. The number of benzene rings is 2. The molecule has 0 aliphatic rings. The third-order valence-corrected chi connectivity index (χ3v) is 4.49. The van der Waals surface area contributed by atoms with E-state index in [-0.39, 0.29) is 5.91 Å². The SMILES string of the molecule is Cc1onc(-c2ccccc2Cl)c1C(=O)Nc1cnc(-c2ccccc2)nc1. The van der Waals surface area contributed by atoms with Crippen molar-refractivity contribution in [1.82, 2.24) is 15.1 Å². The van der Waals surface area contributed by atoms with Gasteiger partial charge in [0.15, 0.2) is 5.82 Å². The van der Waals surface area contributed by atoms with Gasteiger partial charge in [0, 0.05) is 11.1 Å². The molecule has 7 heteroatoms. The number of carbonyl (C=O) groups is 1. The zero-order valence-corrected chi connectivity index (χ0v) is 15.6. The highest BCUT2D eigenvalue weighted by atomic mass is 35.5. The number of amides is 1. The van der Waals surface area contributed by atoms with Gasteiger partial charge in [0.05, 0.1) is 23.1 Å². The molecule has 0 aliphatic carbocycles. The summed E-state index contributed by atoms with van der Waals surface area (Å²) >= 11 is 6.25. The quantitative estimate of drug-likeness (QED) is 0.529. The largest absolute Gasteiger partial charge is 0.360 e. The van der Waals surface area contributed by atoms with Crippen LogP contribution in [-0.2, 0) is 0 Å². The lowest BCUT2D eigenvalue weighted by Crippen LogP contribution is -2.14. The summed E-state index contributed by atoms with van der Waals surface area (Å²) in [5.41, 5.74) is 2.70. The van der Waals surface area contributed by atoms with Crippen LogP contribution >= 0.6 is 11.6 Å². The third-order valence-electron chi connectivity index (χ3n) is 4.16. The van der Waals surface area contributed by atoms with Gasteiger partial charge >= 0.3 is 0 Å². The summed E-state index contributed by atoms with van der Waals surface area (Å²) < 4.78 is 5.24. The van der Waals surface area contributed by atoms with E-state index in [1.54, 1.807) is 31.5 Å². The van der Waals surface area contributed by atoms with Crippen molar-refractivity contribution in [3.8, 4) is 22.6 Å². The Kier molecular flexibility index (Phi) is 4.87. The standard InChI is InChI=1S/C21H15ClN4O2/c1-13-18(19(26-28-13)16-9-5-6-10-17(16)22)21(27)25-15-11-23-20(24-12-15)14-7-3-2-4-8-14/h2-12H,1H3,(H,25,27). The van der Waals surface area contributed by atoms with E-state index >= 15 is 0 Å². The Morgan fingerprint density at radius 3 is 2.39 bits per heavy atom. The number of nitrogens with one attached hydrogen (secondary N) is 1. The molecular formula is C21H15ClN4O2. The molecule has 1 amide bonds. The lowest BCUT2D eigenvalue weighted by molar-refractivity contribution is 0.102. The molecular weight excluding hydrogens is 376 g/mol. The minimum Gasteiger partial charge on any atom is -0.360 e. The Bertz CT molecular complexity index is 1120. The molecule has 0 unspecified atom stereocenters. The zero-order chi connectivity index (χ0) is 19.5. The van der Waals surface area contributed by atoms with Crippen molar-refractivity contribution in [2.45, 2.75) is 6.92 Å². The van der Waals surface area contributed by atoms with Crippen molar-refractivity contribution in [3.63, 3.8) is 0 Å². The van der Waals surface area contributed by atoms with Crippen LogP contribution < -0.4 is 5.32 Å². The highest BCUT2D eigenvalue weighted by Crippen LogP contribution is 2.31. The van der Waals surface area contributed by atoms with Gasteiger partial charge in [-0.1, -0.05) is 65.3 Å². The maximum Gasteiger partial charge on any atom is 0.261 e. The molecule has 4 aromatic rings. The fraction of sp³-hybridized carbons (Fsp3) is 0.0476. The lowest BCUT2D eigenvalue weighted by Gasteiger charge is -2.07. The summed E-state index contributed by atoms with van der Waals surface area (Å²) in [5, 5.41) is 7.28. The van der Waals surface area contributed by atoms with Gasteiger partial charge in [-0.25, -0.2) is 9.97 Å². The molecule has 2 aromatic carbocycles. The first kappa shape index (κ1) is 17.9. The average Bonchev–Trinajstić information content (AvgIpc) is 3.11. The summed E-state index contributed by atoms with van der Waals surface area (Å²) in [6.07, 6.45) is 3.12. The number of anilines is 1. The van der Waals surface area contributed by atoms with E-state index in [0.717, 1.165) is 5.56 Å². The van der Waals surface area contributed by atoms with E-state index in [1.807, 2.05) is 42.5 Å². The van der Waals surface area contributed by atoms with Crippen LogP contribution in [0.5, 0.6) is 0 Å². The first-order valence-corrected chi connectivity index (χ1v) is 8.91. The van der Waals surface area contributed by atoms with Crippen LogP contribution in [-0.4, -0.2) is 21.0 Å². The lowest BCUT2D eigenvalue weighted by atomic mass is 10.1. The van der Waals surface area contributed by atoms with Crippen LogP contribution in [0.25, 0.3) is 22.6 Å². The monoisotopic (exact) mass is 390 g/mol. The van der Waals surface area contributed by atoms with E-state index in [9.17, 15) is 4.79 Å². The maximum absolute atomic E-state index is 12.8. The smallest absolute Gasteiger partial charge is 0.261 e. The van der Waals surface area contributed by atoms with Gasteiger partial charge in [0.25, 0.3) is 5.91 Å². The molecule has 0 fully saturated rings. The number of halogens is 1. The second-order valence-corrected chi connectivity index (χ2v) is 6.46. The summed E-state index contributed by atoms with van der Waals surface area (Å²) in [6.45, 7) is 1.68. The predicted octanol–water partition coefficient (Wildman–Crippen LogP) is 5.01. The van der Waals surface area contributed by atoms with Gasteiger partial charge in [0.2, 0.25) is 0 Å².